The molecule has 0 spiro atoms. The SMILES string of the molecule is CN(C[C@@H]1CCCCO1)C(=O)c1cccc(-c2cccc(N(C)C)c2)c1. The number of benzene rings is 2. The van der Waals surface area contributed by atoms with Gasteiger partial charge in [0, 0.05) is 45.5 Å². The third-order valence-corrected chi connectivity index (χ3v) is 4.90. The fourth-order valence-corrected chi connectivity index (χ4v) is 3.36. The zero-order chi connectivity index (χ0) is 18.5. The first kappa shape index (κ1) is 18.5. The van der Waals surface area contributed by atoms with Crippen LogP contribution in [0.5, 0.6) is 0 Å². The summed E-state index contributed by atoms with van der Waals surface area (Å²) in [5.41, 5.74) is 4.04. The lowest BCUT2D eigenvalue weighted by molar-refractivity contribution is -0.000186. The van der Waals surface area contributed by atoms with Crippen LogP contribution in [-0.2, 0) is 4.74 Å². The minimum atomic E-state index is 0.0461. The monoisotopic (exact) mass is 352 g/mol. The second-order valence-electron chi connectivity index (χ2n) is 7.20. The van der Waals surface area contributed by atoms with Crippen LogP contribution < -0.4 is 4.90 Å². The van der Waals surface area contributed by atoms with Crippen LogP contribution in [0, 0.1) is 0 Å². The number of likely N-dealkylation sites (N-methyl/N-ethyl adjacent to an activating group) is 1. The highest BCUT2D eigenvalue weighted by molar-refractivity contribution is 5.95. The molecule has 1 heterocycles. The maximum Gasteiger partial charge on any atom is 0.253 e. The summed E-state index contributed by atoms with van der Waals surface area (Å²) in [5.74, 6) is 0.0461. The lowest BCUT2D eigenvalue weighted by atomic mass is 10.0. The average Bonchev–Trinajstić information content (AvgIpc) is 2.68. The van der Waals surface area contributed by atoms with Crippen LogP contribution in [0.3, 0.4) is 0 Å². The van der Waals surface area contributed by atoms with Crippen LogP contribution >= 0.6 is 0 Å². The van der Waals surface area contributed by atoms with Crippen LogP contribution in [0.4, 0.5) is 5.69 Å². The van der Waals surface area contributed by atoms with E-state index in [4.69, 9.17) is 4.74 Å². The lowest BCUT2D eigenvalue weighted by Gasteiger charge is -2.27. The molecule has 4 nitrogen and oxygen atoms in total. The zero-order valence-electron chi connectivity index (χ0n) is 15.9. The number of rotatable bonds is 5. The van der Waals surface area contributed by atoms with Crippen molar-refractivity contribution in [2.45, 2.75) is 25.4 Å². The summed E-state index contributed by atoms with van der Waals surface area (Å²) >= 11 is 0. The Balaban J connectivity index is 1.75. The largest absolute Gasteiger partial charge is 0.378 e. The van der Waals surface area contributed by atoms with Crippen molar-refractivity contribution in [3.8, 4) is 11.1 Å². The van der Waals surface area contributed by atoms with E-state index in [2.05, 4.69) is 29.2 Å². The predicted octanol–water partition coefficient (Wildman–Crippen LogP) is 4.06. The fraction of sp³-hybridized carbons (Fsp3) is 0.409. The molecular formula is C22H28N2O2. The fourth-order valence-electron chi connectivity index (χ4n) is 3.36. The number of hydrogen-bond acceptors (Lipinski definition) is 3. The Kier molecular flexibility index (Phi) is 5.94. The minimum absolute atomic E-state index is 0.0461. The molecule has 4 heteroatoms. The molecule has 0 aromatic heterocycles. The summed E-state index contributed by atoms with van der Waals surface area (Å²) in [5, 5.41) is 0. The molecule has 2 aromatic rings. The van der Waals surface area contributed by atoms with Gasteiger partial charge >= 0.3 is 0 Å². The van der Waals surface area contributed by atoms with Gasteiger partial charge in [-0.2, -0.15) is 0 Å². The van der Waals surface area contributed by atoms with E-state index >= 15 is 0 Å². The maximum absolute atomic E-state index is 12.8. The molecule has 0 bridgehead atoms. The summed E-state index contributed by atoms with van der Waals surface area (Å²) in [6.07, 6.45) is 3.51. The molecule has 138 valence electrons. The maximum atomic E-state index is 12.8. The predicted molar refractivity (Wildman–Crippen MR) is 107 cm³/mol. The molecule has 0 aliphatic carbocycles. The molecule has 26 heavy (non-hydrogen) atoms. The molecule has 0 unspecified atom stereocenters. The van der Waals surface area contributed by atoms with Crippen LogP contribution in [0.25, 0.3) is 11.1 Å². The third-order valence-electron chi connectivity index (χ3n) is 4.90. The Hall–Kier alpha value is -2.33. The molecular weight excluding hydrogens is 324 g/mol. The van der Waals surface area contributed by atoms with Crippen molar-refractivity contribution < 1.29 is 9.53 Å². The van der Waals surface area contributed by atoms with E-state index in [9.17, 15) is 4.79 Å². The zero-order valence-corrected chi connectivity index (χ0v) is 15.9. The molecule has 1 saturated heterocycles. The summed E-state index contributed by atoms with van der Waals surface area (Å²) in [7, 11) is 5.92. The van der Waals surface area contributed by atoms with E-state index in [0.29, 0.717) is 6.54 Å². The topological polar surface area (TPSA) is 32.8 Å². The second-order valence-corrected chi connectivity index (χ2v) is 7.20. The molecule has 0 radical (unpaired) electrons. The molecule has 3 rings (SSSR count). The van der Waals surface area contributed by atoms with Crippen molar-refractivity contribution in [2.24, 2.45) is 0 Å². The van der Waals surface area contributed by atoms with Gasteiger partial charge in [-0.25, -0.2) is 0 Å². The Labute approximate surface area is 156 Å². The number of carbonyl (C=O) groups is 1. The van der Waals surface area contributed by atoms with E-state index in [-0.39, 0.29) is 12.0 Å². The van der Waals surface area contributed by atoms with Crippen LogP contribution in [-0.4, -0.2) is 51.2 Å². The van der Waals surface area contributed by atoms with Crippen LogP contribution in [0.15, 0.2) is 48.5 Å². The highest BCUT2D eigenvalue weighted by Crippen LogP contribution is 2.25. The average molecular weight is 352 g/mol. The lowest BCUT2D eigenvalue weighted by Crippen LogP contribution is -2.37. The molecule has 1 atom stereocenters. The summed E-state index contributed by atoms with van der Waals surface area (Å²) in [4.78, 5) is 16.7. The van der Waals surface area contributed by atoms with Gasteiger partial charge in [0.2, 0.25) is 0 Å². The summed E-state index contributed by atoms with van der Waals surface area (Å²) < 4.78 is 5.76. The first-order chi connectivity index (χ1) is 12.5. The molecule has 0 N–H and O–H groups in total. The highest BCUT2D eigenvalue weighted by atomic mass is 16.5. The van der Waals surface area contributed by atoms with E-state index in [1.807, 2.05) is 45.4 Å². The smallest absolute Gasteiger partial charge is 0.253 e. The molecule has 2 aromatic carbocycles. The Morgan fingerprint density at radius 1 is 1.04 bits per heavy atom. The standard InChI is InChI=1S/C22H28N2O2/c1-23(2)20-11-7-9-18(15-20)17-8-6-10-19(14-17)22(25)24(3)16-21-12-4-5-13-26-21/h6-11,14-15,21H,4-5,12-13,16H2,1-3H3/t21-/m0/s1. The van der Waals surface area contributed by atoms with E-state index in [0.717, 1.165) is 41.8 Å². The molecule has 1 amide bonds. The van der Waals surface area contributed by atoms with Gasteiger partial charge in [0.15, 0.2) is 0 Å². The molecule has 1 aliphatic heterocycles. The molecule has 1 fully saturated rings. The van der Waals surface area contributed by atoms with E-state index in [1.54, 1.807) is 4.90 Å². The van der Waals surface area contributed by atoms with Crippen molar-refractivity contribution in [2.75, 3.05) is 39.2 Å². The highest BCUT2D eigenvalue weighted by Gasteiger charge is 2.20. The van der Waals surface area contributed by atoms with Crippen molar-refractivity contribution in [1.29, 1.82) is 0 Å². The Morgan fingerprint density at radius 2 is 1.77 bits per heavy atom. The van der Waals surface area contributed by atoms with Gasteiger partial charge < -0.3 is 14.5 Å². The Bertz CT molecular complexity index is 751. The van der Waals surface area contributed by atoms with E-state index in [1.165, 1.54) is 6.42 Å². The first-order valence-electron chi connectivity index (χ1n) is 9.29. The minimum Gasteiger partial charge on any atom is -0.378 e. The van der Waals surface area contributed by atoms with Crippen LogP contribution in [0.1, 0.15) is 29.6 Å². The van der Waals surface area contributed by atoms with Crippen molar-refractivity contribution in [3.63, 3.8) is 0 Å². The summed E-state index contributed by atoms with van der Waals surface area (Å²) in [6, 6.07) is 16.2. The first-order valence-corrected chi connectivity index (χ1v) is 9.29. The Morgan fingerprint density at radius 3 is 2.46 bits per heavy atom. The number of nitrogens with zero attached hydrogens (tertiary/aromatic N) is 2. The number of ether oxygens (including phenoxy) is 1. The van der Waals surface area contributed by atoms with Gasteiger partial charge in [-0.15, -0.1) is 0 Å². The van der Waals surface area contributed by atoms with Gasteiger partial charge in [-0.05, 0) is 54.7 Å². The van der Waals surface area contributed by atoms with Gasteiger partial charge in [0.1, 0.15) is 0 Å². The summed E-state index contributed by atoms with van der Waals surface area (Å²) in [6.45, 7) is 1.46. The van der Waals surface area contributed by atoms with Gasteiger partial charge in [0.05, 0.1) is 6.10 Å². The molecule has 0 saturated carbocycles. The quantitative estimate of drug-likeness (QED) is 0.813. The number of amides is 1. The van der Waals surface area contributed by atoms with E-state index < -0.39 is 0 Å². The third kappa shape index (κ3) is 4.44. The second kappa shape index (κ2) is 8.37. The number of anilines is 1. The van der Waals surface area contributed by atoms with Crippen LogP contribution in [0.2, 0.25) is 0 Å². The normalized spacial score (nSPS) is 17.0. The van der Waals surface area contributed by atoms with Gasteiger partial charge in [-0.1, -0.05) is 24.3 Å². The van der Waals surface area contributed by atoms with Crippen molar-refractivity contribution in [3.05, 3.63) is 54.1 Å². The van der Waals surface area contributed by atoms with Gasteiger partial charge in [-0.3, -0.25) is 4.79 Å². The number of hydrogen-bond donors (Lipinski definition) is 0. The number of carbonyl (C=O) groups excluding carboxylic acids is 1. The van der Waals surface area contributed by atoms with Gasteiger partial charge in [0.25, 0.3) is 5.91 Å². The van der Waals surface area contributed by atoms with Crippen molar-refractivity contribution in [1.82, 2.24) is 4.90 Å². The van der Waals surface area contributed by atoms with Crippen molar-refractivity contribution >= 4 is 11.6 Å². The molecule has 1 aliphatic rings.